The lowest BCUT2D eigenvalue weighted by Crippen LogP contribution is -2.19. The Bertz CT molecular complexity index is 624. The molecular formula is C14H11ClF2N2O2. The molecule has 1 atom stereocenters. The van der Waals surface area contributed by atoms with Crippen molar-refractivity contribution in [3.05, 3.63) is 54.1 Å². The topological polar surface area (TPSA) is 51.2 Å². The Kier molecular flexibility index (Phi) is 5.05. The number of carbonyl (C=O) groups excluding carboxylic acids is 1. The number of nitrogens with one attached hydrogen (secondary N) is 1. The van der Waals surface area contributed by atoms with Gasteiger partial charge in [0.25, 0.3) is 11.5 Å². The summed E-state index contributed by atoms with van der Waals surface area (Å²) in [6.07, 6.45) is 1.60. The van der Waals surface area contributed by atoms with Crippen LogP contribution in [0.25, 0.3) is 0 Å². The van der Waals surface area contributed by atoms with E-state index in [-0.39, 0.29) is 18.0 Å². The average molecular weight is 313 g/mol. The Morgan fingerprint density at radius 3 is 2.81 bits per heavy atom. The first-order chi connectivity index (χ1) is 10.1. The van der Waals surface area contributed by atoms with E-state index < -0.39 is 17.4 Å². The number of carbonyl (C=O) groups is 1. The number of amides is 1. The SMILES string of the molecule is O=C(Nc1ccc(OCc2ccccn2)c(F)c1)C(F)Cl. The minimum absolute atomic E-state index is 0.00123. The van der Waals surface area contributed by atoms with Gasteiger partial charge in [0, 0.05) is 18.0 Å². The number of aromatic nitrogens is 1. The van der Waals surface area contributed by atoms with E-state index in [1.54, 1.807) is 24.4 Å². The van der Waals surface area contributed by atoms with Crippen molar-refractivity contribution in [1.82, 2.24) is 4.98 Å². The Hall–Kier alpha value is -2.21. The molecule has 0 bridgehead atoms. The summed E-state index contributed by atoms with van der Waals surface area (Å²) in [4.78, 5) is 15.1. The number of benzene rings is 1. The molecule has 4 nitrogen and oxygen atoms in total. The van der Waals surface area contributed by atoms with Gasteiger partial charge in [-0.1, -0.05) is 17.7 Å². The molecule has 21 heavy (non-hydrogen) atoms. The molecule has 0 radical (unpaired) electrons. The van der Waals surface area contributed by atoms with Gasteiger partial charge in [0.1, 0.15) is 6.61 Å². The smallest absolute Gasteiger partial charge is 0.274 e. The summed E-state index contributed by atoms with van der Waals surface area (Å²) in [5.41, 5.74) is -1.45. The third-order valence-electron chi connectivity index (χ3n) is 2.50. The summed E-state index contributed by atoms with van der Waals surface area (Å²) in [6.45, 7) is 0.109. The van der Waals surface area contributed by atoms with E-state index in [4.69, 9.17) is 16.3 Å². The summed E-state index contributed by atoms with van der Waals surface area (Å²) < 4.78 is 31.6. The molecule has 2 aromatic rings. The molecule has 0 aliphatic carbocycles. The Labute approximate surface area is 124 Å². The highest BCUT2D eigenvalue weighted by Crippen LogP contribution is 2.22. The monoisotopic (exact) mass is 312 g/mol. The molecule has 7 heteroatoms. The fraction of sp³-hybridized carbons (Fsp3) is 0.143. The lowest BCUT2D eigenvalue weighted by molar-refractivity contribution is -0.118. The van der Waals surface area contributed by atoms with Crippen LogP contribution in [-0.4, -0.2) is 16.5 Å². The van der Waals surface area contributed by atoms with Crippen molar-refractivity contribution < 1.29 is 18.3 Å². The van der Waals surface area contributed by atoms with Crippen molar-refractivity contribution in [3.8, 4) is 5.75 Å². The van der Waals surface area contributed by atoms with Crippen molar-refractivity contribution in [2.75, 3.05) is 5.32 Å². The molecule has 0 saturated heterocycles. The van der Waals surface area contributed by atoms with Gasteiger partial charge in [-0.2, -0.15) is 0 Å². The van der Waals surface area contributed by atoms with Gasteiger partial charge in [0.15, 0.2) is 11.6 Å². The molecule has 1 unspecified atom stereocenters. The molecule has 1 N–H and O–H groups in total. The van der Waals surface area contributed by atoms with Crippen LogP contribution in [0.15, 0.2) is 42.6 Å². The number of nitrogens with zero attached hydrogens (tertiary/aromatic N) is 1. The maximum atomic E-state index is 13.8. The Morgan fingerprint density at radius 2 is 2.19 bits per heavy atom. The number of hydrogen-bond acceptors (Lipinski definition) is 3. The zero-order valence-corrected chi connectivity index (χ0v) is 11.5. The summed E-state index contributed by atoms with van der Waals surface area (Å²) in [5, 5.41) is 2.13. The number of anilines is 1. The zero-order chi connectivity index (χ0) is 15.2. The lowest BCUT2D eigenvalue weighted by atomic mass is 10.3. The first-order valence-electron chi connectivity index (χ1n) is 5.97. The standard InChI is InChI=1S/C14H11ClF2N2O2/c15-13(17)14(20)19-9-4-5-12(11(16)7-9)21-8-10-3-1-2-6-18-10/h1-7,13H,8H2,(H,19,20). The predicted octanol–water partition coefficient (Wildman–Crippen LogP) is 3.27. The van der Waals surface area contributed by atoms with Crippen molar-refractivity contribution >= 4 is 23.2 Å². The van der Waals surface area contributed by atoms with Gasteiger partial charge in [-0.3, -0.25) is 9.78 Å². The first-order valence-corrected chi connectivity index (χ1v) is 6.41. The maximum absolute atomic E-state index is 13.8. The Morgan fingerprint density at radius 1 is 1.38 bits per heavy atom. The highest BCUT2D eigenvalue weighted by molar-refractivity contribution is 6.31. The molecule has 0 aliphatic heterocycles. The quantitative estimate of drug-likeness (QED) is 0.862. The van der Waals surface area contributed by atoms with Gasteiger partial charge in [-0.15, -0.1) is 0 Å². The highest BCUT2D eigenvalue weighted by Gasteiger charge is 2.14. The molecule has 0 fully saturated rings. The van der Waals surface area contributed by atoms with Crippen LogP contribution < -0.4 is 10.1 Å². The number of ether oxygens (including phenoxy) is 1. The molecule has 1 aromatic carbocycles. The van der Waals surface area contributed by atoms with E-state index in [9.17, 15) is 13.6 Å². The second-order valence-electron chi connectivity index (χ2n) is 4.04. The van der Waals surface area contributed by atoms with E-state index in [1.807, 2.05) is 0 Å². The molecular weight excluding hydrogens is 302 g/mol. The minimum atomic E-state index is -2.19. The number of rotatable bonds is 5. The van der Waals surface area contributed by atoms with Crippen molar-refractivity contribution in [3.63, 3.8) is 0 Å². The van der Waals surface area contributed by atoms with Crippen LogP contribution in [0.4, 0.5) is 14.5 Å². The van der Waals surface area contributed by atoms with Gasteiger partial charge in [-0.25, -0.2) is 8.78 Å². The lowest BCUT2D eigenvalue weighted by Gasteiger charge is -2.09. The van der Waals surface area contributed by atoms with Crippen molar-refractivity contribution in [2.45, 2.75) is 12.2 Å². The molecule has 0 spiro atoms. The molecule has 2 rings (SSSR count). The van der Waals surface area contributed by atoms with Crippen molar-refractivity contribution in [2.24, 2.45) is 0 Å². The molecule has 1 heterocycles. The number of hydrogen-bond donors (Lipinski definition) is 1. The average Bonchev–Trinajstić information content (AvgIpc) is 2.47. The van der Waals surface area contributed by atoms with Gasteiger partial charge in [0.2, 0.25) is 0 Å². The summed E-state index contributed by atoms with van der Waals surface area (Å²) >= 11 is 4.96. The van der Waals surface area contributed by atoms with Crippen LogP contribution in [-0.2, 0) is 11.4 Å². The zero-order valence-electron chi connectivity index (χ0n) is 10.7. The molecule has 110 valence electrons. The number of alkyl halides is 2. The summed E-state index contributed by atoms with van der Waals surface area (Å²) in [6, 6.07) is 9.03. The van der Waals surface area contributed by atoms with E-state index in [1.165, 1.54) is 12.1 Å². The van der Waals surface area contributed by atoms with Crippen LogP contribution in [0.5, 0.6) is 5.75 Å². The van der Waals surface area contributed by atoms with Crippen LogP contribution in [0.2, 0.25) is 0 Å². The second-order valence-corrected chi connectivity index (χ2v) is 4.43. The van der Waals surface area contributed by atoms with Gasteiger partial charge in [0.05, 0.1) is 5.69 Å². The third-order valence-corrected chi connectivity index (χ3v) is 2.70. The van der Waals surface area contributed by atoms with Gasteiger partial charge < -0.3 is 10.1 Å². The molecule has 0 saturated carbocycles. The molecule has 1 amide bonds. The first kappa shape index (κ1) is 15.2. The minimum Gasteiger partial charge on any atom is -0.484 e. The van der Waals surface area contributed by atoms with Gasteiger partial charge in [-0.05, 0) is 24.3 Å². The Balaban J connectivity index is 2.01. The summed E-state index contributed by atoms with van der Waals surface area (Å²) in [7, 11) is 0. The van der Waals surface area contributed by atoms with E-state index in [0.717, 1.165) is 6.07 Å². The fourth-order valence-electron chi connectivity index (χ4n) is 1.53. The number of halogens is 3. The largest absolute Gasteiger partial charge is 0.484 e. The second kappa shape index (κ2) is 6.99. The molecule has 0 aliphatic rings. The number of pyridine rings is 1. The van der Waals surface area contributed by atoms with Crippen molar-refractivity contribution in [1.29, 1.82) is 0 Å². The van der Waals surface area contributed by atoms with Gasteiger partial charge >= 0.3 is 0 Å². The summed E-state index contributed by atoms with van der Waals surface area (Å²) in [5.74, 6) is -1.74. The highest BCUT2D eigenvalue weighted by atomic mass is 35.5. The van der Waals surface area contributed by atoms with E-state index in [0.29, 0.717) is 5.69 Å². The maximum Gasteiger partial charge on any atom is 0.274 e. The van der Waals surface area contributed by atoms with E-state index >= 15 is 0 Å². The predicted molar refractivity (Wildman–Crippen MR) is 74.3 cm³/mol. The van der Waals surface area contributed by atoms with Crippen LogP contribution >= 0.6 is 11.6 Å². The van der Waals surface area contributed by atoms with E-state index in [2.05, 4.69) is 10.3 Å². The van der Waals surface area contributed by atoms with Crippen LogP contribution in [0.3, 0.4) is 0 Å². The fourth-order valence-corrected chi connectivity index (χ4v) is 1.58. The normalized spacial score (nSPS) is 11.8. The molecule has 1 aromatic heterocycles. The van der Waals surface area contributed by atoms with Crippen LogP contribution in [0, 0.1) is 5.82 Å². The van der Waals surface area contributed by atoms with Crippen LogP contribution in [0.1, 0.15) is 5.69 Å². The third kappa shape index (κ3) is 4.39.